The average molecular weight is 295 g/mol. The van der Waals surface area contributed by atoms with E-state index in [1.165, 1.54) is 0 Å². The molecule has 0 aromatic carbocycles. The third kappa shape index (κ3) is 2.87. The summed E-state index contributed by atoms with van der Waals surface area (Å²) in [6.45, 7) is 2.47. The lowest BCUT2D eigenvalue weighted by molar-refractivity contribution is 0.270. The minimum absolute atomic E-state index is 0.0118. The molecule has 22 heavy (non-hydrogen) atoms. The fraction of sp³-hybridized carbons (Fsp3) is 0.250. The van der Waals surface area contributed by atoms with Crippen LogP contribution in [0.15, 0.2) is 42.9 Å². The molecule has 0 spiro atoms. The molecular formula is C16H17N5O. The summed E-state index contributed by atoms with van der Waals surface area (Å²) < 4.78 is 1.73. The van der Waals surface area contributed by atoms with Gasteiger partial charge in [-0.05, 0) is 30.7 Å². The molecule has 1 N–H and O–H groups in total. The Balaban J connectivity index is 2.07. The number of hydrogen-bond donors (Lipinski definition) is 1. The number of pyridine rings is 2. The number of aryl methyl sites for hydroxylation is 1. The molecule has 0 fully saturated rings. The zero-order chi connectivity index (χ0) is 15.4. The molecule has 6 heteroatoms. The SMILES string of the molecule is CCc1cc(-c2nc(-c3ccncc3)nn2CCO)ccn1. The zero-order valence-corrected chi connectivity index (χ0v) is 12.3. The van der Waals surface area contributed by atoms with E-state index >= 15 is 0 Å². The molecule has 3 aromatic heterocycles. The van der Waals surface area contributed by atoms with Crippen LogP contribution in [0.3, 0.4) is 0 Å². The number of aliphatic hydroxyl groups excluding tert-OH is 1. The molecule has 112 valence electrons. The zero-order valence-electron chi connectivity index (χ0n) is 12.3. The molecule has 0 bridgehead atoms. The summed E-state index contributed by atoms with van der Waals surface area (Å²) in [6.07, 6.45) is 6.06. The van der Waals surface area contributed by atoms with E-state index in [4.69, 9.17) is 0 Å². The normalized spacial score (nSPS) is 10.8. The van der Waals surface area contributed by atoms with Crippen LogP contribution >= 0.6 is 0 Å². The van der Waals surface area contributed by atoms with E-state index in [1.54, 1.807) is 23.3 Å². The van der Waals surface area contributed by atoms with Crippen molar-refractivity contribution in [1.29, 1.82) is 0 Å². The Labute approximate surface area is 128 Å². The highest BCUT2D eigenvalue weighted by Crippen LogP contribution is 2.22. The van der Waals surface area contributed by atoms with Crippen molar-refractivity contribution in [2.45, 2.75) is 19.9 Å². The molecular weight excluding hydrogens is 278 g/mol. The van der Waals surface area contributed by atoms with E-state index < -0.39 is 0 Å². The first-order valence-corrected chi connectivity index (χ1v) is 7.23. The van der Waals surface area contributed by atoms with E-state index in [2.05, 4.69) is 27.0 Å². The van der Waals surface area contributed by atoms with Crippen LogP contribution in [0.2, 0.25) is 0 Å². The Morgan fingerprint density at radius 2 is 1.86 bits per heavy atom. The van der Waals surface area contributed by atoms with Crippen molar-refractivity contribution in [3.8, 4) is 22.8 Å². The highest BCUT2D eigenvalue weighted by atomic mass is 16.3. The summed E-state index contributed by atoms with van der Waals surface area (Å²) in [6, 6.07) is 7.65. The first kappa shape index (κ1) is 14.3. The third-order valence-corrected chi connectivity index (χ3v) is 3.36. The molecule has 0 amide bonds. The fourth-order valence-corrected chi connectivity index (χ4v) is 2.24. The van der Waals surface area contributed by atoms with Gasteiger partial charge in [-0.15, -0.1) is 0 Å². The van der Waals surface area contributed by atoms with Crippen molar-refractivity contribution in [2.24, 2.45) is 0 Å². The highest BCUT2D eigenvalue weighted by molar-refractivity contribution is 5.61. The fourth-order valence-electron chi connectivity index (χ4n) is 2.24. The Kier molecular flexibility index (Phi) is 4.20. The number of aliphatic hydroxyl groups is 1. The molecule has 0 saturated heterocycles. The van der Waals surface area contributed by atoms with Gasteiger partial charge < -0.3 is 5.11 Å². The van der Waals surface area contributed by atoms with Gasteiger partial charge in [-0.25, -0.2) is 9.67 Å². The Morgan fingerprint density at radius 1 is 1.09 bits per heavy atom. The second-order valence-electron chi connectivity index (χ2n) is 4.83. The van der Waals surface area contributed by atoms with Crippen molar-refractivity contribution in [3.05, 3.63) is 48.5 Å². The molecule has 6 nitrogen and oxygen atoms in total. The Hall–Kier alpha value is -2.60. The molecule has 0 aliphatic carbocycles. The average Bonchev–Trinajstić information content (AvgIpc) is 3.00. The topological polar surface area (TPSA) is 76.7 Å². The van der Waals surface area contributed by atoms with Gasteiger partial charge in [0.1, 0.15) is 0 Å². The van der Waals surface area contributed by atoms with Gasteiger partial charge in [-0.1, -0.05) is 6.92 Å². The predicted octanol–water partition coefficient (Wildman–Crippen LogP) is 1.96. The number of rotatable bonds is 5. The van der Waals surface area contributed by atoms with Crippen LogP contribution in [0.1, 0.15) is 12.6 Å². The summed E-state index contributed by atoms with van der Waals surface area (Å²) in [5.41, 5.74) is 2.85. The quantitative estimate of drug-likeness (QED) is 0.778. The van der Waals surface area contributed by atoms with E-state index in [-0.39, 0.29) is 6.61 Å². The summed E-state index contributed by atoms with van der Waals surface area (Å²) in [7, 11) is 0. The first-order chi connectivity index (χ1) is 10.8. The standard InChI is InChI=1S/C16H17N5O/c1-2-14-11-13(5-8-18-14)16-19-15(20-21(16)9-10-22)12-3-6-17-7-4-12/h3-8,11,22H,2,9-10H2,1H3. The van der Waals surface area contributed by atoms with Gasteiger partial charge in [0.25, 0.3) is 0 Å². The predicted molar refractivity (Wildman–Crippen MR) is 82.9 cm³/mol. The molecule has 0 radical (unpaired) electrons. The van der Waals surface area contributed by atoms with E-state index in [0.29, 0.717) is 12.4 Å². The second-order valence-corrected chi connectivity index (χ2v) is 4.83. The maximum absolute atomic E-state index is 9.26. The molecule has 0 unspecified atom stereocenters. The van der Waals surface area contributed by atoms with E-state index in [9.17, 15) is 5.11 Å². The van der Waals surface area contributed by atoms with Gasteiger partial charge in [-0.2, -0.15) is 5.10 Å². The number of nitrogens with zero attached hydrogens (tertiary/aromatic N) is 5. The molecule has 0 aliphatic heterocycles. The van der Waals surface area contributed by atoms with Crippen LogP contribution in [0.4, 0.5) is 0 Å². The maximum Gasteiger partial charge on any atom is 0.181 e. The van der Waals surface area contributed by atoms with Crippen molar-refractivity contribution in [3.63, 3.8) is 0 Å². The molecule has 0 atom stereocenters. The monoisotopic (exact) mass is 295 g/mol. The van der Waals surface area contributed by atoms with Crippen molar-refractivity contribution >= 4 is 0 Å². The summed E-state index contributed by atoms with van der Waals surface area (Å²) in [4.78, 5) is 12.9. The van der Waals surface area contributed by atoms with E-state index in [0.717, 1.165) is 29.1 Å². The van der Waals surface area contributed by atoms with Crippen LogP contribution in [0, 0.1) is 0 Å². The van der Waals surface area contributed by atoms with Gasteiger partial charge in [0.2, 0.25) is 0 Å². The number of aromatic nitrogens is 5. The lowest BCUT2D eigenvalue weighted by Crippen LogP contribution is -2.06. The van der Waals surface area contributed by atoms with Crippen LogP contribution in [0.5, 0.6) is 0 Å². The summed E-state index contributed by atoms with van der Waals surface area (Å²) in [5.74, 6) is 1.36. The van der Waals surface area contributed by atoms with Crippen LogP contribution in [-0.2, 0) is 13.0 Å². The van der Waals surface area contributed by atoms with Crippen molar-refractivity contribution in [1.82, 2.24) is 24.7 Å². The van der Waals surface area contributed by atoms with Crippen molar-refractivity contribution in [2.75, 3.05) is 6.61 Å². The Bertz CT molecular complexity index is 754. The van der Waals surface area contributed by atoms with Gasteiger partial charge in [0.15, 0.2) is 11.6 Å². The molecule has 0 saturated carbocycles. The van der Waals surface area contributed by atoms with Gasteiger partial charge in [0, 0.05) is 35.4 Å². The first-order valence-electron chi connectivity index (χ1n) is 7.23. The molecule has 3 aromatic rings. The highest BCUT2D eigenvalue weighted by Gasteiger charge is 2.13. The maximum atomic E-state index is 9.26. The molecule has 0 aliphatic rings. The number of hydrogen-bond acceptors (Lipinski definition) is 5. The lowest BCUT2D eigenvalue weighted by atomic mass is 10.2. The summed E-state index contributed by atoms with van der Waals surface area (Å²) >= 11 is 0. The van der Waals surface area contributed by atoms with Gasteiger partial charge >= 0.3 is 0 Å². The van der Waals surface area contributed by atoms with Gasteiger partial charge in [0.05, 0.1) is 13.2 Å². The largest absolute Gasteiger partial charge is 0.394 e. The van der Waals surface area contributed by atoms with Crippen molar-refractivity contribution < 1.29 is 5.11 Å². The smallest absolute Gasteiger partial charge is 0.181 e. The molecule has 3 heterocycles. The van der Waals surface area contributed by atoms with Crippen LogP contribution in [0.25, 0.3) is 22.8 Å². The lowest BCUT2D eigenvalue weighted by Gasteiger charge is -2.04. The summed E-state index contributed by atoms with van der Waals surface area (Å²) in [5, 5.41) is 13.8. The second kappa shape index (κ2) is 6.44. The minimum atomic E-state index is 0.0118. The molecule has 3 rings (SSSR count). The van der Waals surface area contributed by atoms with E-state index in [1.807, 2.05) is 24.3 Å². The van der Waals surface area contributed by atoms with Gasteiger partial charge in [-0.3, -0.25) is 9.97 Å². The Morgan fingerprint density at radius 3 is 2.59 bits per heavy atom. The third-order valence-electron chi connectivity index (χ3n) is 3.36. The minimum Gasteiger partial charge on any atom is -0.394 e. The van der Waals surface area contributed by atoms with Crippen LogP contribution < -0.4 is 0 Å². The van der Waals surface area contributed by atoms with Crippen LogP contribution in [-0.4, -0.2) is 36.4 Å².